The summed E-state index contributed by atoms with van der Waals surface area (Å²) in [6, 6.07) is 9.52. The third-order valence-electron chi connectivity index (χ3n) is 4.29. The van der Waals surface area contributed by atoms with Gasteiger partial charge in [0.25, 0.3) is 5.56 Å². The number of hydrogen-bond acceptors (Lipinski definition) is 7. The highest BCUT2D eigenvalue weighted by atomic mass is 32.1. The fraction of sp³-hybridized carbons (Fsp3) is 0.200. The van der Waals surface area contributed by atoms with Crippen LogP contribution in [-0.4, -0.2) is 39.5 Å². The van der Waals surface area contributed by atoms with Crippen molar-refractivity contribution in [2.75, 3.05) is 18.9 Å². The molecule has 0 atom stereocenters. The van der Waals surface area contributed by atoms with Crippen LogP contribution >= 0.6 is 11.3 Å². The number of nitrogens with one attached hydrogen (secondary N) is 2. The normalized spacial score (nSPS) is 11.3. The van der Waals surface area contributed by atoms with Gasteiger partial charge in [0.05, 0.1) is 18.6 Å². The molecule has 0 aliphatic carbocycles. The molecule has 8 nitrogen and oxygen atoms in total. The van der Waals surface area contributed by atoms with Crippen molar-refractivity contribution in [3.05, 3.63) is 64.2 Å². The Morgan fingerprint density at radius 1 is 1.30 bits per heavy atom. The van der Waals surface area contributed by atoms with Gasteiger partial charge in [0.2, 0.25) is 5.91 Å². The van der Waals surface area contributed by atoms with Gasteiger partial charge in [-0.2, -0.15) is 0 Å². The Morgan fingerprint density at radius 2 is 2.07 bits per heavy atom. The summed E-state index contributed by atoms with van der Waals surface area (Å²) in [5.74, 6) is 0.825. The Bertz CT molecular complexity index is 1260. The van der Waals surface area contributed by atoms with E-state index in [2.05, 4.69) is 20.4 Å². The third kappa shape index (κ3) is 4.44. The highest BCUT2D eigenvalue weighted by Crippen LogP contribution is 2.30. The molecule has 0 bridgehead atoms. The van der Waals surface area contributed by atoms with Crippen LogP contribution in [0.1, 0.15) is 11.6 Å². The van der Waals surface area contributed by atoms with E-state index in [0.29, 0.717) is 27.6 Å². The van der Waals surface area contributed by atoms with Gasteiger partial charge in [0, 0.05) is 10.9 Å². The highest BCUT2D eigenvalue weighted by molar-refractivity contribution is 7.22. The van der Waals surface area contributed by atoms with Gasteiger partial charge < -0.3 is 14.8 Å². The molecule has 0 fully saturated rings. The molecule has 0 radical (unpaired) electrons. The predicted molar refractivity (Wildman–Crippen MR) is 112 cm³/mol. The molecule has 1 aromatic carbocycles. The molecular weight excluding hydrogens is 409 g/mol. The summed E-state index contributed by atoms with van der Waals surface area (Å²) in [4.78, 5) is 34.4. The Morgan fingerprint density at radius 3 is 2.77 bits per heavy atom. The van der Waals surface area contributed by atoms with Gasteiger partial charge in [0.15, 0.2) is 5.82 Å². The molecule has 3 heterocycles. The first-order chi connectivity index (χ1) is 14.4. The summed E-state index contributed by atoms with van der Waals surface area (Å²) in [6.07, 6.45) is 0. The summed E-state index contributed by atoms with van der Waals surface area (Å²) in [7, 11) is 1.75. The number of carbonyl (C=O) groups is 1. The Hall–Kier alpha value is -3.37. The summed E-state index contributed by atoms with van der Waals surface area (Å²) in [5, 5.41) is 6.36. The van der Waals surface area contributed by atoms with Crippen LogP contribution < -0.4 is 10.9 Å². The van der Waals surface area contributed by atoms with Gasteiger partial charge in [0.1, 0.15) is 22.1 Å². The van der Waals surface area contributed by atoms with Crippen molar-refractivity contribution in [2.45, 2.75) is 13.5 Å². The number of halogens is 1. The first-order valence-electron chi connectivity index (χ1n) is 9.08. The lowest BCUT2D eigenvalue weighted by molar-refractivity contribution is -0.117. The molecule has 0 spiro atoms. The molecule has 0 saturated heterocycles. The molecule has 30 heavy (non-hydrogen) atoms. The number of thiophene rings is 1. The monoisotopic (exact) mass is 427 g/mol. The van der Waals surface area contributed by atoms with Crippen molar-refractivity contribution in [3.8, 4) is 10.4 Å². The summed E-state index contributed by atoms with van der Waals surface area (Å²) < 4.78 is 18.6. The van der Waals surface area contributed by atoms with Crippen LogP contribution in [0.15, 0.2) is 45.7 Å². The van der Waals surface area contributed by atoms with Gasteiger partial charge in [-0.05, 0) is 37.7 Å². The number of fused-ring (bicyclic) bond motifs is 1. The van der Waals surface area contributed by atoms with Crippen molar-refractivity contribution in [1.82, 2.24) is 20.0 Å². The average Bonchev–Trinajstić information content (AvgIpc) is 3.28. The number of hydrogen-bond donors (Lipinski definition) is 2. The second kappa shape index (κ2) is 8.17. The standard InChI is InChI=1S/C20H18FN5O3S/c1-11-7-16(25-29-11)23-18(27)10-26(2)9-17-22-14-8-15(30-19(14)20(28)24-17)12-3-5-13(21)6-4-12/h3-8H,9-10H2,1-2H3,(H,22,24,28)(H,23,25,27). The van der Waals surface area contributed by atoms with Crippen LogP contribution in [-0.2, 0) is 11.3 Å². The fourth-order valence-electron chi connectivity index (χ4n) is 2.98. The first-order valence-corrected chi connectivity index (χ1v) is 9.89. The second-order valence-electron chi connectivity index (χ2n) is 6.89. The van der Waals surface area contributed by atoms with Crippen molar-refractivity contribution in [2.24, 2.45) is 0 Å². The number of benzene rings is 1. The van der Waals surface area contributed by atoms with Crippen LogP contribution in [0.3, 0.4) is 0 Å². The predicted octanol–water partition coefficient (Wildman–Crippen LogP) is 3.16. The van der Waals surface area contributed by atoms with E-state index < -0.39 is 0 Å². The van der Waals surface area contributed by atoms with E-state index in [1.165, 1.54) is 23.5 Å². The Labute approximate surface area is 174 Å². The van der Waals surface area contributed by atoms with E-state index in [9.17, 15) is 14.0 Å². The Balaban J connectivity index is 1.48. The lowest BCUT2D eigenvalue weighted by Crippen LogP contribution is -2.31. The first kappa shape index (κ1) is 19.9. The van der Waals surface area contributed by atoms with Gasteiger partial charge in [-0.25, -0.2) is 9.37 Å². The molecular formula is C20H18FN5O3S. The molecule has 0 aliphatic heterocycles. The van der Waals surface area contributed by atoms with Gasteiger partial charge in [-0.3, -0.25) is 14.5 Å². The molecule has 1 amide bonds. The molecule has 10 heteroatoms. The molecule has 4 aromatic rings. The average molecular weight is 427 g/mol. The van der Waals surface area contributed by atoms with E-state index in [1.54, 1.807) is 37.1 Å². The van der Waals surface area contributed by atoms with E-state index in [4.69, 9.17) is 4.52 Å². The van der Waals surface area contributed by atoms with Gasteiger partial charge >= 0.3 is 0 Å². The largest absolute Gasteiger partial charge is 0.360 e. The molecule has 154 valence electrons. The van der Waals surface area contributed by atoms with Crippen molar-refractivity contribution in [3.63, 3.8) is 0 Å². The van der Waals surface area contributed by atoms with Crippen LogP contribution in [0.2, 0.25) is 0 Å². The van der Waals surface area contributed by atoms with E-state index in [0.717, 1.165) is 10.4 Å². The fourth-order valence-corrected chi connectivity index (χ4v) is 3.98. The number of aromatic amines is 1. The van der Waals surface area contributed by atoms with Crippen LogP contribution in [0.25, 0.3) is 20.7 Å². The lowest BCUT2D eigenvalue weighted by atomic mass is 10.2. The number of H-pyrrole nitrogens is 1. The second-order valence-corrected chi connectivity index (χ2v) is 7.94. The van der Waals surface area contributed by atoms with Gasteiger partial charge in [-0.1, -0.05) is 17.3 Å². The van der Waals surface area contributed by atoms with Crippen LogP contribution in [0, 0.1) is 12.7 Å². The van der Waals surface area contributed by atoms with Crippen LogP contribution in [0.5, 0.6) is 0 Å². The number of aromatic nitrogens is 3. The third-order valence-corrected chi connectivity index (χ3v) is 5.46. The maximum Gasteiger partial charge on any atom is 0.268 e. The number of likely N-dealkylation sites (N-methyl/N-ethyl adjacent to an activating group) is 1. The van der Waals surface area contributed by atoms with Gasteiger partial charge in [-0.15, -0.1) is 11.3 Å². The quantitative estimate of drug-likeness (QED) is 0.490. The zero-order valence-electron chi connectivity index (χ0n) is 16.2. The number of nitrogens with zero attached hydrogens (tertiary/aromatic N) is 3. The summed E-state index contributed by atoms with van der Waals surface area (Å²) >= 11 is 1.30. The number of aryl methyl sites for hydroxylation is 1. The van der Waals surface area contributed by atoms with Crippen molar-refractivity contribution in [1.29, 1.82) is 0 Å². The SMILES string of the molecule is Cc1cc(NC(=O)CN(C)Cc2nc3cc(-c4ccc(F)cc4)sc3c(=O)[nH]2)no1. The maximum absolute atomic E-state index is 13.2. The topological polar surface area (TPSA) is 104 Å². The lowest BCUT2D eigenvalue weighted by Gasteiger charge is -2.14. The zero-order chi connectivity index (χ0) is 21.3. The highest BCUT2D eigenvalue weighted by Gasteiger charge is 2.14. The molecule has 0 saturated carbocycles. The van der Waals surface area contributed by atoms with Crippen LogP contribution in [0.4, 0.5) is 10.2 Å². The Kier molecular flexibility index (Phi) is 5.42. The molecule has 0 unspecified atom stereocenters. The van der Waals surface area contributed by atoms with Crippen molar-refractivity contribution < 1.29 is 13.7 Å². The molecule has 2 N–H and O–H groups in total. The zero-order valence-corrected chi connectivity index (χ0v) is 17.0. The van der Waals surface area contributed by atoms with Crippen molar-refractivity contribution >= 4 is 33.3 Å². The van der Waals surface area contributed by atoms with E-state index in [1.807, 2.05) is 6.07 Å². The minimum atomic E-state index is -0.316. The smallest absolute Gasteiger partial charge is 0.268 e. The maximum atomic E-state index is 13.2. The molecule has 4 rings (SSSR count). The molecule has 0 aliphatic rings. The summed E-state index contributed by atoms with van der Waals surface area (Å²) in [6.45, 7) is 2.09. The number of carbonyl (C=O) groups excluding carboxylic acids is 1. The number of rotatable bonds is 6. The van der Waals surface area contributed by atoms with E-state index >= 15 is 0 Å². The van der Waals surface area contributed by atoms with E-state index in [-0.39, 0.29) is 30.4 Å². The number of amides is 1. The minimum absolute atomic E-state index is 0.0815. The summed E-state index contributed by atoms with van der Waals surface area (Å²) in [5.41, 5.74) is 1.13. The molecule has 3 aromatic heterocycles. The number of anilines is 1. The minimum Gasteiger partial charge on any atom is -0.360 e.